The maximum absolute atomic E-state index is 11.8. The molecule has 19 heavy (non-hydrogen) atoms. The summed E-state index contributed by atoms with van der Waals surface area (Å²) >= 11 is 0. The van der Waals surface area contributed by atoms with E-state index in [-0.39, 0.29) is 23.6 Å². The highest BCUT2D eigenvalue weighted by Gasteiger charge is 2.14. The quantitative estimate of drug-likeness (QED) is 0.589. The van der Waals surface area contributed by atoms with Crippen molar-refractivity contribution in [3.05, 3.63) is 29.1 Å². The fourth-order valence-electron chi connectivity index (χ4n) is 1.42. The second-order valence-corrected chi connectivity index (χ2v) is 3.96. The minimum Gasteiger partial charge on any atom is -0.462 e. The number of esters is 1. The first-order valence-electron chi connectivity index (χ1n) is 6.13. The van der Waals surface area contributed by atoms with Gasteiger partial charge in [-0.05, 0) is 18.6 Å². The molecule has 0 aliphatic heterocycles. The number of hydrogen-bond acceptors (Lipinski definition) is 5. The van der Waals surface area contributed by atoms with Crippen LogP contribution in [0.25, 0.3) is 0 Å². The van der Waals surface area contributed by atoms with Crippen LogP contribution in [0, 0.1) is 0 Å². The second-order valence-electron chi connectivity index (χ2n) is 3.96. The fourth-order valence-corrected chi connectivity index (χ4v) is 1.42. The van der Waals surface area contributed by atoms with E-state index in [1.807, 2.05) is 6.92 Å². The van der Waals surface area contributed by atoms with Crippen molar-refractivity contribution in [3.63, 3.8) is 0 Å². The number of unbranched alkanes of at least 4 members (excludes halogenated alkanes) is 1. The molecular formula is C13H18N2O4. The lowest BCUT2D eigenvalue weighted by molar-refractivity contribution is 0.0499. The topological polar surface area (TPSA) is 88.5 Å². The molecule has 2 N–H and O–H groups in total. The molecule has 1 heterocycles. The highest BCUT2D eigenvalue weighted by atomic mass is 16.5. The number of aliphatic hydroxyl groups excluding tert-OH is 1. The van der Waals surface area contributed by atoms with Gasteiger partial charge in [-0.25, -0.2) is 9.78 Å². The first kappa shape index (κ1) is 15.1. The molecule has 0 bridgehead atoms. The summed E-state index contributed by atoms with van der Waals surface area (Å²) in [7, 11) is 1.47. The van der Waals surface area contributed by atoms with Crippen LogP contribution in [-0.2, 0) is 11.3 Å². The summed E-state index contributed by atoms with van der Waals surface area (Å²) in [4.78, 5) is 27.2. The largest absolute Gasteiger partial charge is 0.462 e. The number of aromatic nitrogens is 1. The van der Waals surface area contributed by atoms with E-state index in [9.17, 15) is 9.59 Å². The zero-order valence-corrected chi connectivity index (χ0v) is 11.1. The number of carbonyl (C=O) groups is 2. The van der Waals surface area contributed by atoms with Crippen molar-refractivity contribution in [1.29, 1.82) is 0 Å². The molecule has 0 spiro atoms. The molecule has 104 valence electrons. The van der Waals surface area contributed by atoms with Gasteiger partial charge in [0.05, 0.1) is 24.5 Å². The van der Waals surface area contributed by atoms with Gasteiger partial charge in [-0.1, -0.05) is 13.3 Å². The van der Waals surface area contributed by atoms with Crippen LogP contribution in [0.1, 0.15) is 46.3 Å². The zero-order chi connectivity index (χ0) is 14.3. The van der Waals surface area contributed by atoms with Crippen molar-refractivity contribution in [2.75, 3.05) is 13.7 Å². The molecule has 6 heteroatoms. The molecule has 0 saturated carbocycles. The van der Waals surface area contributed by atoms with Gasteiger partial charge in [-0.15, -0.1) is 0 Å². The van der Waals surface area contributed by atoms with Crippen LogP contribution in [0.2, 0.25) is 0 Å². The molecule has 1 amide bonds. The SMILES string of the molecule is CCCCOC(=O)c1cc(CO)nc(C(=O)NC)c1. The Morgan fingerprint density at radius 1 is 1.42 bits per heavy atom. The Morgan fingerprint density at radius 2 is 2.16 bits per heavy atom. The van der Waals surface area contributed by atoms with Gasteiger partial charge in [0.2, 0.25) is 0 Å². The molecule has 1 aromatic rings. The molecule has 0 aliphatic carbocycles. The molecule has 0 fully saturated rings. The summed E-state index contributed by atoms with van der Waals surface area (Å²) in [5.74, 6) is -0.936. The van der Waals surface area contributed by atoms with Crippen molar-refractivity contribution >= 4 is 11.9 Å². The van der Waals surface area contributed by atoms with Crippen molar-refractivity contribution in [1.82, 2.24) is 10.3 Å². The summed E-state index contributed by atoms with van der Waals surface area (Å²) in [5.41, 5.74) is 0.550. The number of carbonyl (C=O) groups excluding carboxylic acids is 2. The third kappa shape index (κ3) is 4.33. The fraction of sp³-hybridized carbons (Fsp3) is 0.462. The van der Waals surface area contributed by atoms with E-state index >= 15 is 0 Å². The standard InChI is InChI=1S/C13H18N2O4/c1-3-4-5-19-13(18)9-6-10(8-16)15-11(7-9)12(17)14-2/h6-7,16H,3-5,8H2,1-2H3,(H,14,17). The lowest BCUT2D eigenvalue weighted by atomic mass is 10.2. The van der Waals surface area contributed by atoms with Gasteiger partial charge in [0.25, 0.3) is 5.91 Å². The van der Waals surface area contributed by atoms with Crippen LogP contribution in [0.15, 0.2) is 12.1 Å². The van der Waals surface area contributed by atoms with Crippen LogP contribution in [0.4, 0.5) is 0 Å². The van der Waals surface area contributed by atoms with Gasteiger partial charge in [-0.2, -0.15) is 0 Å². The Bertz CT molecular complexity index is 460. The van der Waals surface area contributed by atoms with Crippen molar-refractivity contribution in [3.8, 4) is 0 Å². The lowest BCUT2D eigenvalue weighted by Crippen LogP contribution is -2.21. The third-order valence-electron chi connectivity index (χ3n) is 2.47. The van der Waals surface area contributed by atoms with Crippen molar-refractivity contribution < 1.29 is 19.4 Å². The molecule has 6 nitrogen and oxygen atoms in total. The van der Waals surface area contributed by atoms with Crippen LogP contribution in [0.5, 0.6) is 0 Å². The number of rotatable bonds is 6. The Balaban J connectivity index is 2.93. The van der Waals surface area contributed by atoms with E-state index in [1.54, 1.807) is 0 Å². The van der Waals surface area contributed by atoms with Gasteiger partial charge in [0.15, 0.2) is 0 Å². The molecule has 0 aliphatic rings. The number of nitrogens with zero attached hydrogens (tertiary/aromatic N) is 1. The molecule has 1 aromatic heterocycles. The van der Waals surface area contributed by atoms with E-state index in [2.05, 4.69) is 10.3 Å². The van der Waals surface area contributed by atoms with Gasteiger partial charge < -0.3 is 15.2 Å². The second kappa shape index (κ2) is 7.48. The summed E-state index contributed by atoms with van der Waals surface area (Å²) in [6, 6.07) is 2.77. The maximum atomic E-state index is 11.8. The average Bonchev–Trinajstić information content (AvgIpc) is 2.45. The average molecular weight is 266 g/mol. The number of ether oxygens (including phenoxy) is 1. The van der Waals surface area contributed by atoms with E-state index in [4.69, 9.17) is 9.84 Å². The van der Waals surface area contributed by atoms with Gasteiger partial charge in [0.1, 0.15) is 5.69 Å². The van der Waals surface area contributed by atoms with E-state index in [0.29, 0.717) is 6.61 Å². The number of nitrogens with one attached hydrogen (secondary N) is 1. The molecule has 0 radical (unpaired) electrons. The van der Waals surface area contributed by atoms with Gasteiger partial charge in [0, 0.05) is 7.05 Å². The summed E-state index contributed by atoms with van der Waals surface area (Å²) in [6.07, 6.45) is 1.71. The number of hydrogen-bond donors (Lipinski definition) is 2. The van der Waals surface area contributed by atoms with Crippen LogP contribution >= 0.6 is 0 Å². The van der Waals surface area contributed by atoms with Gasteiger partial charge in [-0.3, -0.25) is 4.79 Å². The molecule has 0 saturated heterocycles. The first-order chi connectivity index (χ1) is 9.12. The monoisotopic (exact) mass is 266 g/mol. The van der Waals surface area contributed by atoms with Crippen LogP contribution in [0.3, 0.4) is 0 Å². The molecule has 1 rings (SSSR count). The number of aliphatic hydroxyl groups is 1. The number of pyridine rings is 1. The third-order valence-corrected chi connectivity index (χ3v) is 2.47. The highest BCUT2D eigenvalue weighted by Crippen LogP contribution is 2.09. The first-order valence-corrected chi connectivity index (χ1v) is 6.13. The maximum Gasteiger partial charge on any atom is 0.338 e. The molecule has 0 unspecified atom stereocenters. The Hall–Kier alpha value is -1.95. The predicted molar refractivity (Wildman–Crippen MR) is 68.7 cm³/mol. The molecular weight excluding hydrogens is 248 g/mol. The van der Waals surface area contributed by atoms with Crippen molar-refractivity contribution in [2.24, 2.45) is 0 Å². The van der Waals surface area contributed by atoms with Crippen LogP contribution in [-0.4, -0.2) is 35.6 Å². The summed E-state index contributed by atoms with van der Waals surface area (Å²) < 4.78 is 5.06. The Morgan fingerprint density at radius 3 is 2.74 bits per heavy atom. The minimum absolute atomic E-state index is 0.0801. The number of amides is 1. The minimum atomic E-state index is -0.518. The summed E-state index contributed by atoms with van der Waals surface area (Å²) in [6.45, 7) is 1.98. The van der Waals surface area contributed by atoms with Gasteiger partial charge >= 0.3 is 5.97 Å². The lowest BCUT2D eigenvalue weighted by Gasteiger charge is -2.07. The molecule has 0 atom stereocenters. The smallest absolute Gasteiger partial charge is 0.338 e. The predicted octanol–water partition coefficient (Wildman–Crippen LogP) is 0.890. The zero-order valence-electron chi connectivity index (χ0n) is 11.1. The Kier molecular flexibility index (Phi) is 5.95. The highest BCUT2D eigenvalue weighted by molar-refractivity contribution is 5.96. The van der Waals surface area contributed by atoms with E-state index < -0.39 is 11.9 Å². The normalized spacial score (nSPS) is 10.1. The van der Waals surface area contributed by atoms with E-state index in [0.717, 1.165) is 12.8 Å². The van der Waals surface area contributed by atoms with Crippen LogP contribution < -0.4 is 5.32 Å². The van der Waals surface area contributed by atoms with E-state index in [1.165, 1.54) is 19.2 Å². The summed E-state index contributed by atoms with van der Waals surface area (Å²) in [5, 5.41) is 11.5. The van der Waals surface area contributed by atoms with Crippen molar-refractivity contribution in [2.45, 2.75) is 26.4 Å². The Labute approximate surface area is 111 Å². The molecule has 0 aromatic carbocycles.